The third-order valence-corrected chi connectivity index (χ3v) is 1.15. The lowest BCUT2D eigenvalue weighted by molar-refractivity contribution is 0.635. The van der Waals surface area contributed by atoms with Crippen molar-refractivity contribution in [2.75, 3.05) is 0 Å². The van der Waals surface area contributed by atoms with Crippen LogP contribution in [0.1, 0.15) is 47.5 Å². The predicted octanol–water partition coefficient (Wildman–Crippen LogP) is 4.83. The van der Waals surface area contributed by atoms with E-state index in [-0.39, 0.29) is 0 Å². The van der Waals surface area contributed by atoms with Crippen LogP contribution in [0, 0.1) is 5.92 Å². The van der Waals surface area contributed by atoms with Crippen molar-refractivity contribution >= 4 is 0 Å². The second-order valence-corrected chi connectivity index (χ2v) is 2.41. The third-order valence-electron chi connectivity index (χ3n) is 1.15. The molecule has 0 aliphatic rings. The van der Waals surface area contributed by atoms with Crippen molar-refractivity contribution in [1.82, 2.24) is 0 Å². The average Bonchev–Trinajstić information content (AvgIpc) is 2.10. The van der Waals surface area contributed by atoms with E-state index in [0.29, 0.717) is 5.92 Å². The Bertz CT molecular complexity index is 72.1. The molecule has 0 aromatic carbocycles. The van der Waals surface area contributed by atoms with Crippen LogP contribution in [-0.4, -0.2) is 0 Å². The van der Waals surface area contributed by atoms with E-state index in [0.717, 1.165) is 0 Å². The van der Waals surface area contributed by atoms with Crippen LogP contribution < -0.4 is 0 Å². The van der Waals surface area contributed by atoms with E-state index in [1.54, 1.807) is 6.08 Å². The minimum Gasteiger partial charge on any atom is -0.103 e. The first kappa shape index (κ1) is 17.5. The van der Waals surface area contributed by atoms with Crippen LogP contribution in [0.2, 0.25) is 0 Å². The summed E-state index contributed by atoms with van der Waals surface area (Å²) in [5, 5.41) is 0. The zero-order chi connectivity index (χ0) is 10.4. The Balaban J connectivity index is -0.000000137. The smallest absolute Gasteiger partial charge is 0.0265 e. The van der Waals surface area contributed by atoms with Crippen LogP contribution in [0.3, 0.4) is 0 Å². The van der Waals surface area contributed by atoms with Crippen molar-refractivity contribution in [2.24, 2.45) is 5.92 Å². The van der Waals surface area contributed by atoms with Gasteiger partial charge in [0.25, 0.3) is 0 Å². The molecular weight excluding hydrogens is 144 g/mol. The topological polar surface area (TPSA) is 0 Å². The molecule has 0 aromatic heterocycles. The summed E-state index contributed by atoms with van der Waals surface area (Å²) in [6, 6.07) is 0. The van der Waals surface area contributed by atoms with Gasteiger partial charge in [0.05, 0.1) is 0 Å². The van der Waals surface area contributed by atoms with Crippen molar-refractivity contribution < 1.29 is 0 Å². The second kappa shape index (κ2) is 22.4. The molecule has 0 radical (unpaired) electrons. The number of hydrogen-bond acceptors (Lipinski definition) is 0. The molecule has 0 saturated carbocycles. The molecular formula is C12H26. The Kier molecular flexibility index (Phi) is 32.8. The van der Waals surface area contributed by atoms with E-state index in [2.05, 4.69) is 27.0 Å². The first-order valence-electron chi connectivity index (χ1n) is 4.92. The van der Waals surface area contributed by atoms with E-state index in [9.17, 15) is 0 Å². The van der Waals surface area contributed by atoms with Crippen molar-refractivity contribution in [3.8, 4) is 0 Å². The predicted molar refractivity (Wildman–Crippen MR) is 61.5 cm³/mol. The highest BCUT2D eigenvalue weighted by atomic mass is 13.9. The molecule has 0 aliphatic carbocycles. The first-order chi connectivity index (χ1) is 5.72. The molecule has 0 aromatic rings. The van der Waals surface area contributed by atoms with Gasteiger partial charge in [-0.25, -0.2) is 0 Å². The van der Waals surface area contributed by atoms with Crippen molar-refractivity contribution in [3.63, 3.8) is 0 Å². The molecule has 0 heterocycles. The summed E-state index contributed by atoms with van der Waals surface area (Å²) in [5.41, 5.74) is 0. The van der Waals surface area contributed by atoms with Crippen LogP contribution in [0.4, 0.5) is 0 Å². The minimum absolute atomic E-state index is 0.713. The maximum atomic E-state index is 3.68. The Hall–Kier alpha value is -0.520. The maximum Gasteiger partial charge on any atom is -0.0265 e. The summed E-state index contributed by atoms with van der Waals surface area (Å²) in [6.07, 6.45) is 6.31. The van der Waals surface area contributed by atoms with Crippen LogP contribution in [0.5, 0.6) is 0 Å². The second-order valence-electron chi connectivity index (χ2n) is 2.41. The lowest BCUT2D eigenvalue weighted by atomic mass is 10.1. The molecule has 0 rings (SSSR count). The van der Waals surface area contributed by atoms with E-state index in [1.165, 1.54) is 12.8 Å². The van der Waals surface area contributed by atoms with Crippen molar-refractivity contribution in [3.05, 3.63) is 25.3 Å². The van der Waals surface area contributed by atoms with Gasteiger partial charge in [-0.3, -0.25) is 0 Å². The molecule has 0 bridgehead atoms. The summed E-state index contributed by atoms with van der Waals surface area (Å²) in [7, 11) is 0. The molecule has 1 unspecified atom stereocenters. The van der Waals surface area contributed by atoms with Crippen molar-refractivity contribution in [1.29, 1.82) is 0 Å². The molecule has 0 amide bonds. The van der Waals surface area contributed by atoms with Gasteiger partial charge in [-0.1, -0.05) is 46.3 Å². The minimum atomic E-state index is 0.713. The largest absolute Gasteiger partial charge is 0.103 e. The highest BCUT2D eigenvalue weighted by Gasteiger charge is 1.89. The Labute approximate surface area is 79.4 Å². The summed E-state index contributed by atoms with van der Waals surface area (Å²) in [6.45, 7) is 17.3. The highest BCUT2D eigenvalue weighted by molar-refractivity contribution is 4.73. The van der Waals surface area contributed by atoms with Crippen molar-refractivity contribution in [2.45, 2.75) is 47.5 Å². The van der Waals surface area contributed by atoms with E-state index in [4.69, 9.17) is 0 Å². The van der Waals surface area contributed by atoms with Gasteiger partial charge < -0.3 is 0 Å². The van der Waals surface area contributed by atoms with E-state index in [1.807, 2.05) is 26.8 Å². The molecule has 12 heavy (non-hydrogen) atoms. The number of rotatable bonds is 3. The van der Waals surface area contributed by atoms with Gasteiger partial charge in [0, 0.05) is 0 Å². The van der Waals surface area contributed by atoms with Gasteiger partial charge >= 0.3 is 0 Å². The lowest BCUT2D eigenvalue weighted by Gasteiger charge is -1.98. The average molecular weight is 170 g/mol. The summed E-state index contributed by atoms with van der Waals surface area (Å²) in [4.78, 5) is 0. The van der Waals surface area contributed by atoms with Gasteiger partial charge in [-0.05, 0) is 19.3 Å². The fraction of sp³-hybridized carbons (Fsp3) is 0.667. The summed E-state index contributed by atoms with van der Waals surface area (Å²) >= 11 is 0. The van der Waals surface area contributed by atoms with Crippen LogP contribution in [0.15, 0.2) is 25.3 Å². The Morgan fingerprint density at radius 2 is 1.58 bits per heavy atom. The Morgan fingerprint density at radius 1 is 1.25 bits per heavy atom. The van der Waals surface area contributed by atoms with Crippen LogP contribution in [0.25, 0.3) is 0 Å². The molecule has 0 fully saturated rings. The monoisotopic (exact) mass is 170 g/mol. The number of allylic oxidation sites excluding steroid dienone is 2. The zero-order valence-electron chi connectivity index (χ0n) is 9.56. The third kappa shape index (κ3) is 34.0. The van der Waals surface area contributed by atoms with E-state index < -0.39 is 0 Å². The van der Waals surface area contributed by atoms with Crippen LogP contribution in [-0.2, 0) is 0 Å². The van der Waals surface area contributed by atoms with Gasteiger partial charge in [-0.15, -0.1) is 13.2 Å². The van der Waals surface area contributed by atoms with Gasteiger partial charge in [0.1, 0.15) is 0 Å². The molecule has 0 heteroatoms. The normalized spacial score (nSPS) is 9.42. The molecule has 1 atom stereocenters. The quantitative estimate of drug-likeness (QED) is 0.532. The molecule has 0 N–H and O–H groups in total. The SMILES string of the molecule is C=CC.C=CC(C)CCC.CC. The highest BCUT2D eigenvalue weighted by Crippen LogP contribution is 2.03. The molecule has 0 nitrogen and oxygen atoms in total. The fourth-order valence-electron chi connectivity index (χ4n) is 0.573. The van der Waals surface area contributed by atoms with Crippen LogP contribution >= 0.6 is 0 Å². The standard InChI is InChI=1S/C7H14.C3H6.C2H6/c1-4-6-7(3)5-2;1-3-2;1-2/h5,7H,2,4,6H2,1,3H3;3H,1H2,2H3;1-2H3. The summed E-state index contributed by atoms with van der Waals surface area (Å²) < 4.78 is 0. The first-order valence-corrected chi connectivity index (χ1v) is 4.92. The lowest BCUT2D eigenvalue weighted by Crippen LogP contribution is -1.84. The van der Waals surface area contributed by atoms with Gasteiger partial charge in [0.15, 0.2) is 0 Å². The molecule has 74 valence electrons. The zero-order valence-corrected chi connectivity index (χ0v) is 9.56. The fourth-order valence-corrected chi connectivity index (χ4v) is 0.573. The maximum absolute atomic E-state index is 3.68. The number of hydrogen-bond donors (Lipinski definition) is 0. The Morgan fingerprint density at radius 3 is 1.67 bits per heavy atom. The molecule has 0 saturated heterocycles. The molecule has 0 spiro atoms. The summed E-state index contributed by atoms with van der Waals surface area (Å²) in [5.74, 6) is 0.713. The van der Waals surface area contributed by atoms with Gasteiger partial charge in [0.2, 0.25) is 0 Å². The molecule has 0 aliphatic heterocycles. The van der Waals surface area contributed by atoms with Gasteiger partial charge in [-0.2, -0.15) is 0 Å². The van der Waals surface area contributed by atoms with E-state index >= 15 is 0 Å².